The predicted molar refractivity (Wildman–Crippen MR) is 72.5 cm³/mol. The fraction of sp³-hybridized carbons (Fsp3) is 0.308. The Morgan fingerprint density at radius 3 is 2.90 bits per heavy atom. The zero-order chi connectivity index (χ0) is 14.5. The molecule has 2 aromatic rings. The van der Waals surface area contributed by atoms with Crippen molar-refractivity contribution in [2.75, 3.05) is 19.4 Å². The third kappa shape index (κ3) is 3.25. The molecule has 0 fully saturated rings. The summed E-state index contributed by atoms with van der Waals surface area (Å²) in [6.07, 6.45) is 0.484. The predicted octanol–water partition coefficient (Wildman–Crippen LogP) is 0.941. The molecule has 1 aromatic carbocycles. The lowest BCUT2D eigenvalue weighted by Gasteiger charge is -2.07. The smallest absolute Gasteiger partial charge is 0.251 e. The average molecular weight is 276 g/mol. The average Bonchev–Trinajstić information content (AvgIpc) is 2.84. The highest BCUT2D eigenvalue weighted by Gasteiger charge is 2.09. The molecule has 0 aliphatic heterocycles. The quantitative estimate of drug-likeness (QED) is 0.788. The molecule has 0 saturated heterocycles. The number of rotatable bonds is 5. The molecule has 2 rings (SSSR count). The van der Waals surface area contributed by atoms with Gasteiger partial charge in [-0.05, 0) is 25.1 Å². The van der Waals surface area contributed by atoms with E-state index in [2.05, 4.69) is 15.5 Å². The lowest BCUT2D eigenvalue weighted by atomic mass is 10.1. The molecule has 1 aromatic heterocycles. The molecule has 3 N–H and O–H groups in total. The summed E-state index contributed by atoms with van der Waals surface area (Å²) in [5.41, 5.74) is 6.65. The molecular formula is C13H16N4O3. The Bertz CT molecular complexity index is 609. The first-order valence-electron chi connectivity index (χ1n) is 6.11. The van der Waals surface area contributed by atoms with Crippen molar-refractivity contribution in [2.24, 2.45) is 0 Å². The largest absolute Gasteiger partial charge is 0.495 e. The van der Waals surface area contributed by atoms with Crippen LogP contribution < -0.4 is 15.8 Å². The number of aryl methyl sites for hydroxylation is 1. The normalized spacial score (nSPS) is 10.3. The molecule has 0 saturated carbocycles. The van der Waals surface area contributed by atoms with Crippen LogP contribution in [0, 0.1) is 6.92 Å². The highest BCUT2D eigenvalue weighted by molar-refractivity contribution is 5.95. The molecule has 0 atom stereocenters. The van der Waals surface area contributed by atoms with Crippen LogP contribution in [0.2, 0.25) is 0 Å². The molecule has 0 aliphatic rings. The maximum absolute atomic E-state index is 11.9. The number of methoxy groups -OCH3 is 1. The van der Waals surface area contributed by atoms with Gasteiger partial charge in [0.2, 0.25) is 5.89 Å². The van der Waals surface area contributed by atoms with Crippen LogP contribution in [0.5, 0.6) is 5.75 Å². The molecule has 0 aliphatic carbocycles. The van der Waals surface area contributed by atoms with Crippen molar-refractivity contribution in [3.05, 3.63) is 35.5 Å². The zero-order valence-corrected chi connectivity index (χ0v) is 11.3. The SMILES string of the molecule is COc1ccc(C(=O)NCCc2nc(C)no2)cc1N. The number of carbonyl (C=O) groups excluding carboxylic acids is 1. The van der Waals surface area contributed by atoms with Gasteiger partial charge in [-0.1, -0.05) is 5.16 Å². The molecule has 106 valence electrons. The summed E-state index contributed by atoms with van der Waals surface area (Å²) in [7, 11) is 1.53. The van der Waals surface area contributed by atoms with E-state index in [9.17, 15) is 4.79 Å². The molecule has 7 nitrogen and oxygen atoms in total. The Labute approximate surface area is 116 Å². The van der Waals surface area contributed by atoms with E-state index in [1.54, 1.807) is 25.1 Å². The Hall–Kier alpha value is -2.57. The van der Waals surface area contributed by atoms with Gasteiger partial charge in [0, 0.05) is 18.5 Å². The Morgan fingerprint density at radius 2 is 2.30 bits per heavy atom. The summed E-state index contributed by atoms with van der Waals surface area (Å²) in [4.78, 5) is 16.0. The standard InChI is InChI=1S/C13H16N4O3/c1-8-16-12(20-17-8)5-6-15-13(18)9-3-4-11(19-2)10(14)7-9/h3-4,7H,5-6,14H2,1-2H3,(H,15,18). The van der Waals surface area contributed by atoms with Crippen molar-refractivity contribution >= 4 is 11.6 Å². The lowest BCUT2D eigenvalue weighted by molar-refractivity contribution is 0.0953. The van der Waals surface area contributed by atoms with Crippen LogP contribution in [0.4, 0.5) is 5.69 Å². The van der Waals surface area contributed by atoms with Crippen LogP contribution in [0.1, 0.15) is 22.1 Å². The summed E-state index contributed by atoms with van der Waals surface area (Å²) >= 11 is 0. The van der Waals surface area contributed by atoms with E-state index >= 15 is 0 Å². The van der Waals surface area contributed by atoms with Gasteiger partial charge in [0.05, 0.1) is 12.8 Å². The number of anilines is 1. The number of nitrogen functional groups attached to an aromatic ring is 1. The van der Waals surface area contributed by atoms with E-state index in [1.807, 2.05) is 0 Å². The molecule has 1 heterocycles. The second-order valence-corrected chi connectivity index (χ2v) is 4.20. The number of carbonyl (C=O) groups is 1. The van der Waals surface area contributed by atoms with E-state index < -0.39 is 0 Å². The van der Waals surface area contributed by atoms with E-state index in [0.29, 0.717) is 41.7 Å². The van der Waals surface area contributed by atoms with Gasteiger partial charge >= 0.3 is 0 Å². The third-order valence-electron chi connectivity index (χ3n) is 2.69. The molecule has 0 spiro atoms. The summed E-state index contributed by atoms with van der Waals surface area (Å²) in [5, 5.41) is 6.43. The van der Waals surface area contributed by atoms with Crippen LogP contribution in [0.15, 0.2) is 22.7 Å². The molecule has 7 heteroatoms. The Balaban J connectivity index is 1.90. The molecular weight excluding hydrogens is 260 g/mol. The van der Waals surface area contributed by atoms with Crippen molar-refractivity contribution in [2.45, 2.75) is 13.3 Å². The van der Waals surface area contributed by atoms with Crippen LogP contribution >= 0.6 is 0 Å². The fourth-order valence-electron chi connectivity index (χ4n) is 1.70. The summed E-state index contributed by atoms with van der Waals surface area (Å²) in [6.45, 7) is 2.15. The monoisotopic (exact) mass is 276 g/mol. The number of benzene rings is 1. The van der Waals surface area contributed by atoms with Crippen molar-refractivity contribution < 1.29 is 14.1 Å². The molecule has 0 unspecified atom stereocenters. The zero-order valence-electron chi connectivity index (χ0n) is 11.3. The summed E-state index contributed by atoms with van der Waals surface area (Å²) in [6, 6.07) is 4.89. The number of aromatic nitrogens is 2. The molecule has 20 heavy (non-hydrogen) atoms. The summed E-state index contributed by atoms with van der Waals surface area (Å²) < 4.78 is 9.99. The van der Waals surface area contributed by atoms with Gasteiger partial charge in [-0.25, -0.2) is 0 Å². The van der Waals surface area contributed by atoms with E-state index in [4.69, 9.17) is 15.0 Å². The molecule has 0 bridgehead atoms. The second-order valence-electron chi connectivity index (χ2n) is 4.20. The number of hydrogen-bond donors (Lipinski definition) is 2. The van der Waals surface area contributed by atoms with E-state index in [-0.39, 0.29) is 5.91 Å². The molecule has 1 amide bonds. The second kappa shape index (κ2) is 6.05. The minimum absolute atomic E-state index is 0.212. The Morgan fingerprint density at radius 1 is 1.50 bits per heavy atom. The minimum atomic E-state index is -0.212. The molecule has 0 radical (unpaired) electrons. The Kier molecular flexibility index (Phi) is 4.19. The van der Waals surface area contributed by atoms with Gasteiger partial charge in [-0.15, -0.1) is 0 Å². The number of nitrogens with zero attached hydrogens (tertiary/aromatic N) is 2. The van der Waals surface area contributed by atoms with Crippen LogP contribution in [-0.4, -0.2) is 29.7 Å². The van der Waals surface area contributed by atoms with E-state index in [1.165, 1.54) is 7.11 Å². The van der Waals surface area contributed by atoms with Crippen molar-refractivity contribution in [3.63, 3.8) is 0 Å². The van der Waals surface area contributed by atoms with Crippen LogP contribution in [-0.2, 0) is 6.42 Å². The summed E-state index contributed by atoms with van der Waals surface area (Å²) in [5.74, 6) is 1.41. The van der Waals surface area contributed by atoms with Gasteiger partial charge in [0.1, 0.15) is 5.75 Å². The minimum Gasteiger partial charge on any atom is -0.495 e. The third-order valence-corrected chi connectivity index (χ3v) is 2.69. The van der Waals surface area contributed by atoms with Crippen molar-refractivity contribution in [3.8, 4) is 5.75 Å². The first-order valence-corrected chi connectivity index (χ1v) is 6.11. The van der Waals surface area contributed by atoms with Gasteiger partial charge < -0.3 is 20.3 Å². The number of nitrogens with two attached hydrogens (primary N) is 1. The number of nitrogens with one attached hydrogen (secondary N) is 1. The van der Waals surface area contributed by atoms with E-state index in [0.717, 1.165) is 0 Å². The first kappa shape index (κ1) is 13.9. The van der Waals surface area contributed by atoms with Crippen molar-refractivity contribution in [1.29, 1.82) is 0 Å². The topological polar surface area (TPSA) is 103 Å². The van der Waals surface area contributed by atoms with Gasteiger partial charge in [-0.2, -0.15) is 4.98 Å². The highest BCUT2D eigenvalue weighted by Crippen LogP contribution is 2.21. The van der Waals surface area contributed by atoms with Gasteiger partial charge in [0.25, 0.3) is 5.91 Å². The lowest BCUT2D eigenvalue weighted by Crippen LogP contribution is -2.25. The number of amides is 1. The van der Waals surface area contributed by atoms with Crippen molar-refractivity contribution in [1.82, 2.24) is 15.5 Å². The number of hydrogen-bond acceptors (Lipinski definition) is 6. The van der Waals surface area contributed by atoms with Crippen LogP contribution in [0.3, 0.4) is 0 Å². The maximum atomic E-state index is 11.9. The fourth-order valence-corrected chi connectivity index (χ4v) is 1.70. The first-order chi connectivity index (χ1) is 9.60. The maximum Gasteiger partial charge on any atom is 0.251 e. The van der Waals surface area contributed by atoms with Gasteiger partial charge in [0.15, 0.2) is 5.82 Å². The highest BCUT2D eigenvalue weighted by atomic mass is 16.5. The van der Waals surface area contributed by atoms with Crippen LogP contribution in [0.25, 0.3) is 0 Å². The number of ether oxygens (including phenoxy) is 1. The van der Waals surface area contributed by atoms with Gasteiger partial charge in [-0.3, -0.25) is 4.79 Å².